The molecule has 1 aromatic carbocycles. The number of aryl methyl sites for hydroxylation is 1. The third-order valence-corrected chi connectivity index (χ3v) is 5.50. The zero-order chi connectivity index (χ0) is 18.2. The van der Waals surface area contributed by atoms with Gasteiger partial charge in [-0.2, -0.15) is 0 Å². The Balaban J connectivity index is 1.56. The van der Waals surface area contributed by atoms with Gasteiger partial charge in [-0.25, -0.2) is 0 Å². The van der Waals surface area contributed by atoms with Crippen molar-refractivity contribution in [1.82, 2.24) is 10.5 Å². The van der Waals surface area contributed by atoms with Crippen LogP contribution in [0, 0.1) is 6.92 Å². The fourth-order valence-corrected chi connectivity index (χ4v) is 3.97. The van der Waals surface area contributed by atoms with E-state index in [2.05, 4.69) is 10.5 Å². The number of hydrogen-bond donors (Lipinski definition) is 1. The van der Waals surface area contributed by atoms with E-state index in [1.807, 2.05) is 25.1 Å². The highest BCUT2D eigenvalue weighted by molar-refractivity contribution is 5.86. The molecule has 0 radical (unpaired) electrons. The maximum atomic E-state index is 12.6. The molecule has 0 saturated heterocycles. The molecule has 1 aromatic heterocycles. The fraction of sp³-hybridized carbons (Fsp3) is 0.636. The van der Waals surface area contributed by atoms with Gasteiger partial charge in [0, 0.05) is 11.4 Å². The Morgan fingerprint density at radius 2 is 1.65 bits per heavy atom. The van der Waals surface area contributed by atoms with Crippen LogP contribution in [0.2, 0.25) is 0 Å². The lowest BCUT2D eigenvalue weighted by Crippen LogP contribution is -2.36. The summed E-state index contributed by atoms with van der Waals surface area (Å²) in [6.45, 7) is 2.04. The number of amides is 1. The second-order valence-electron chi connectivity index (χ2n) is 7.83. The molecule has 1 aliphatic rings. The average Bonchev–Trinajstić information content (AvgIpc) is 2.99. The first-order chi connectivity index (χ1) is 12.7. The van der Waals surface area contributed by atoms with Crippen LogP contribution in [0.1, 0.15) is 81.9 Å². The number of aromatic nitrogens is 1. The molecule has 2 aromatic rings. The third-order valence-electron chi connectivity index (χ3n) is 5.50. The summed E-state index contributed by atoms with van der Waals surface area (Å²) < 4.78 is 5.36. The van der Waals surface area contributed by atoms with Crippen LogP contribution in [0.15, 0.2) is 22.7 Å². The van der Waals surface area contributed by atoms with E-state index in [1.54, 1.807) is 0 Å². The molecule has 4 nitrogen and oxygen atoms in total. The zero-order valence-electron chi connectivity index (χ0n) is 16.1. The van der Waals surface area contributed by atoms with Crippen molar-refractivity contribution in [3.8, 4) is 0 Å². The van der Waals surface area contributed by atoms with Gasteiger partial charge in [0.15, 0.2) is 5.58 Å². The van der Waals surface area contributed by atoms with E-state index in [0.29, 0.717) is 12.5 Å². The molecule has 0 bridgehead atoms. The van der Waals surface area contributed by atoms with Gasteiger partial charge >= 0.3 is 0 Å². The largest absolute Gasteiger partial charge is 0.356 e. The third kappa shape index (κ3) is 5.58. The summed E-state index contributed by atoms with van der Waals surface area (Å²) in [6, 6.07) is 6.28. The van der Waals surface area contributed by atoms with Gasteiger partial charge in [-0.15, -0.1) is 0 Å². The SMILES string of the molecule is Cc1ccc2onc(CC(=O)NC3CCCCCCCCCCC3)c2c1. The minimum absolute atomic E-state index is 0.0683. The highest BCUT2D eigenvalue weighted by atomic mass is 16.5. The van der Waals surface area contributed by atoms with Gasteiger partial charge in [0.1, 0.15) is 5.69 Å². The lowest BCUT2D eigenvalue weighted by Gasteiger charge is -2.19. The van der Waals surface area contributed by atoms with Crippen molar-refractivity contribution in [3.63, 3.8) is 0 Å². The molecule has 1 amide bonds. The molecule has 0 spiro atoms. The molecule has 3 rings (SSSR count). The van der Waals surface area contributed by atoms with Crippen LogP contribution in [0.4, 0.5) is 0 Å². The lowest BCUT2D eigenvalue weighted by molar-refractivity contribution is -0.121. The Morgan fingerprint density at radius 3 is 2.31 bits per heavy atom. The first kappa shape index (κ1) is 18.9. The topological polar surface area (TPSA) is 55.1 Å². The van der Waals surface area contributed by atoms with E-state index in [-0.39, 0.29) is 5.91 Å². The summed E-state index contributed by atoms with van der Waals surface area (Å²) in [5, 5.41) is 8.34. The minimum Gasteiger partial charge on any atom is -0.356 e. The van der Waals surface area contributed by atoms with Crippen molar-refractivity contribution in [1.29, 1.82) is 0 Å². The number of rotatable bonds is 3. The van der Waals surface area contributed by atoms with Crippen molar-refractivity contribution >= 4 is 16.9 Å². The summed E-state index contributed by atoms with van der Waals surface area (Å²) in [6.07, 6.45) is 14.3. The molecule has 1 aliphatic carbocycles. The number of hydrogen-bond acceptors (Lipinski definition) is 3. The molecule has 0 aliphatic heterocycles. The van der Waals surface area contributed by atoms with Crippen LogP contribution in [0.5, 0.6) is 0 Å². The highest BCUT2D eigenvalue weighted by Gasteiger charge is 2.16. The van der Waals surface area contributed by atoms with Crippen LogP contribution in [0.3, 0.4) is 0 Å². The molecule has 0 unspecified atom stereocenters. The predicted molar refractivity (Wildman–Crippen MR) is 105 cm³/mol. The van der Waals surface area contributed by atoms with E-state index in [1.165, 1.54) is 57.8 Å². The summed E-state index contributed by atoms with van der Waals surface area (Å²) in [5.41, 5.74) is 2.65. The van der Waals surface area contributed by atoms with Crippen LogP contribution in [-0.4, -0.2) is 17.1 Å². The molecule has 1 saturated carbocycles. The van der Waals surface area contributed by atoms with Crippen molar-refractivity contribution in [2.45, 2.75) is 90.0 Å². The number of nitrogens with one attached hydrogen (secondary N) is 1. The van der Waals surface area contributed by atoms with Gasteiger partial charge in [-0.3, -0.25) is 4.79 Å². The van der Waals surface area contributed by atoms with Gasteiger partial charge in [0.2, 0.25) is 5.91 Å². The first-order valence-corrected chi connectivity index (χ1v) is 10.4. The smallest absolute Gasteiger partial charge is 0.226 e. The van der Waals surface area contributed by atoms with E-state index in [0.717, 1.165) is 35.1 Å². The number of carbonyl (C=O) groups excluding carboxylic acids is 1. The Kier molecular flexibility index (Phi) is 7.10. The van der Waals surface area contributed by atoms with Gasteiger partial charge in [-0.05, 0) is 31.9 Å². The quantitative estimate of drug-likeness (QED) is 0.793. The number of carbonyl (C=O) groups is 1. The van der Waals surface area contributed by atoms with Crippen molar-refractivity contribution in [3.05, 3.63) is 29.5 Å². The van der Waals surface area contributed by atoms with Gasteiger partial charge in [-0.1, -0.05) is 74.6 Å². The van der Waals surface area contributed by atoms with E-state index >= 15 is 0 Å². The Morgan fingerprint density at radius 1 is 1.04 bits per heavy atom. The summed E-state index contributed by atoms with van der Waals surface area (Å²) in [7, 11) is 0. The Hall–Kier alpha value is -1.84. The Labute approximate surface area is 156 Å². The molecule has 4 heteroatoms. The number of benzene rings is 1. The second kappa shape index (κ2) is 9.75. The van der Waals surface area contributed by atoms with Crippen LogP contribution >= 0.6 is 0 Å². The van der Waals surface area contributed by atoms with Crippen LogP contribution in [0.25, 0.3) is 11.0 Å². The maximum absolute atomic E-state index is 12.6. The molecule has 1 N–H and O–H groups in total. The van der Waals surface area contributed by atoms with Crippen molar-refractivity contribution in [2.24, 2.45) is 0 Å². The number of nitrogens with zero attached hydrogens (tertiary/aromatic N) is 1. The van der Waals surface area contributed by atoms with Gasteiger partial charge in [0.05, 0.1) is 6.42 Å². The monoisotopic (exact) mass is 356 g/mol. The van der Waals surface area contributed by atoms with Crippen LogP contribution < -0.4 is 5.32 Å². The van der Waals surface area contributed by atoms with Gasteiger partial charge in [0.25, 0.3) is 0 Å². The molecule has 1 heterocycles. The molecule has 142 valence electrons. The maximum Gasteiger partial charge on any atom is 0.226 e. The van der Waals surface area contributed by atoms with Crippen molar-refractivity contribution in [2.75, 3.05) is 0 Å². The zero-order valence-corrected chi connectivity index (χ0v) is 16.1. The highest BCUT2D eigenvalue weighted by Crippen LogP contribution is 2.21. The van der Waals surface area contributed by atoms with Crippen LogP contribution in [-0.2, 0) is 11.2 Å². The summed E-state index contributed by atoms with van der Waals surface area (Å²) in [4.78, 5) is 12.6. The fourth-order valence-electron chi connectivity index (χ4n) is 3.97. The normalized spacial score (nSPS) is 18.2. The molecule has 26 heavy (non-hydrogen) atoms. The van der Waals surface area contributed by atoms with E-state index in [9.17, 15) is 4.79 Å². The molecule has 0 atom stereocenters. The molecule has 1 fully saturated rings. The van der Waals surface area contributed by atoms with Gasteiger partial charge < -0.3 is 9.84 Å². The second-order valence-corrected chi connectivity index (χ2v) is 7.83. The minimum atomic E-state index is 0.0683. The lowest BCUT2D eigenvalue weighted by atomic mass is 9.98. The summed E-state index contributed by atoms with van der Waals surface area (Å²) >= 11 is 0. The number of fused-ring (bicyclic) bond motifs is 1. The summed E-state index contributed by atoms with van der Waals surface area (Å²) in [5.74, 6) is 0.0683. The molecular weight excluding hydrogens is 324 g/mol. The predicted octanol–water partition coefficient (Wildman–Crippen LogP) is 5.47. The molecular formula is C22H32N2O2. The average molecular weight is 357 g/mol. The first-order valence-electron chi connectivity index (χ1n) is 10.4. The standard InChI is InChI=1S/C22H32N2O2/c1-17-13-14-21-19(15-17)20(24-26-21)16-22(25)23-18-11-9-7-5-3-2-4-6-8-10-12-18/h13-15,18H,2-12,16H2,1H3,(H,23,25). The Bertz CT molecular complexity index is 695. The van der Waals surface area contributed by atoms with E-state index in [4.69, 9.17) is 4.52 Å². The van der Waals surface area contributed by atoms with Crippen molar-refractivity contribution < 1.29 is 9.32 Å². The van der Waals surface area contributed by atoms with E-state index < -0.39 is 0 Å².